The Labute approximate surface area is 110 Å². The van der Waals surface area contributed by atoms with Crippen molar-refractivity contribution < 1.29 is 18.8 Å². The van der Waals surface area contributed by atoms with E-state index < -0.39 is 23.3 Å². The van der Waals surface area contributed by atoms with Crippen LogP contribution >= 0.6 is 0 Å². The first kappa shape index (κ1) is 13.3. The number of carbonyl (C=O) groups excluding carboxylic acids is 3. The van der Waals surface area contributed by atoms with Crippen molar-refractivity contribution in [3.63, 3.8) is 0 Å². The number of carbonyl (C=O) groups is 3. The van der Waals surface area contributed by atoms with Gasteiger partial charge >= 0.3 is 6.03 Å². The smallest absolute Gasteiger partial charge is 0.330 e. The van der Waals surface area contributed by atoms with Gasteiger partial charge in [0.25, 0.3) is 0 Å². The van der Waals surface area contributed by atoms with E-state index in [1.165, 1.54) is 13.3 Å². The number of nitrogens with zero attached hydrogens (tertiary/aromatic N) is 1. The molecule has 0 aromatic carbocycles. The van der Waals surface area contributed by atoms with E-state index in [0.717, 1.165) is 4.90 Å². The molecule has 0 radical (unpaired) electrons. The van der Waals surface area contributed by atoms with E-state index >= 15 is 0 Å². The van der Waals surface area contributed by atoms with Crippen molar-refractivity contribution in [2.45, 2.75) is 20.3 Å². The monoisotopic (exact) mass is 264 g/mol. The number of amides is 4. The molecule has 6 nitrogen and oxygen atoms in total. The van der Waals surface area contributed by atoms with E-state index in [-0.39, 0.29) is 12.3 Å². The predicted molar refractivity (Wildman–Crippen MR) is 66.0 cm³/mol. The number of nitrogens with one attached hydrogen (secondary N) is 1. The lowest BCUT2D eigenvalue weighted by Crippen LogP contribution is -2.65. The molecular weight excluding hydrogens is 248 g/mol. The van der Waals surface area contributed by atoms with Crippen LogP contribution < -0.4 is 5.32 Å². The van der Waals surface area contributed by atoms with Gasteiger partial charge in [0.15, 0.2) is 0 Å². The van der Waals surface area contributed by atoms with Gasteiger partial charge in [-0.15, -0.1) is 0 Å². The van der Waals surface area contributed by atoms with E-state index in [0.29, 0.717) is 5.76 Å². The maximum absolute atomic E-state index is 12.4. The largest absolute Gasteiger partial charge is 0.469 e. The standard InChI is InChI=1S/C13H16N2O4/c1-8(2)13(7-9-5-4-6-19-9)10(16)14-12(18)15(3)11(13)17/h4-6,8H,7H2,1-3H3,(H,14,16,18). The first-order valence-corrected chi connectivity index (χ1v) is 6.05. The van der Waals surface area contributed by atoms with Crippen molar-refractivity contribution in [2.24, 2.45) is 11.3 Å². The Morgan fingerprint density at radius 1 is 1.37 bits per heavy atom. The average Bonchev–Trinajstić information content (AvgIpc) is 2.84. The highest BCUT2D eigenvalue weighted by Gasteiger charge is 2.55. The third kappa shape index (κ3) is 1.93. The first-order valence-electron chi connectivity index (χ1n) is 6.05. The number of rotatable bonds is 3. The van der Waals surface area contributed by atoms with Gasteiger partial charge in [-0.3, -0.25) is 19.8 Å². The van der Waals surface area contributed by atoms with Gasteiger partial charge in [-0.1, -0.05) is 13.8 Å². The summed E-state index contributed by atoms with van der Waals surface area (Å²) in [6.07, 6.45) is 1.63. The Balaban J connectivity index is 2.45. The second-order valence-electron chi connectivity index (χ2n) is 5.01. The van der Waals surface area contributed by atoms with Crippen molar-refractivity contribution in [1.29, 1.82) is 0 Å². The molecule has 0 saturated carbocycles. The van der Waals surface area contributed by atoms with E-state index in [2.05, 4.69) is 5.32 Å². The topological polar surface area (TPSA) is 79.6 Å². The summed E-state index contributed by atoms with van der Waals surface area (Å²) >= 11 is 0. The average molecular weight is 264 g/mol. The minimum Gasteiger partial charge on any atom is -0.469 e. The highest BCUT2D eigenvalue weighted by Crippen LogP contribution is 2.36. The van der Waals surface area contributed by atoms with Crippen molar-refractivity contribution in [2.75, 3.05) is 7.05 Å². The minimum absolute atomic E-state index is 0.139. The molecule has 1 aromatic heterocycles. The molecule has 1 aliphatic heterocycles. The zero-order chi connectivity index (χ0) is 14.2. The van der Waals surface area contributed by atoms with Crippen molar-refractivity contribution in [3.05, 3.63) is 24.2 Å². The molecule has 1 N–H and O–H groups in total. The molecule has 1 atom stereocenters. The highest BCUT2D eigenvalue weighted by atomic mass is 16.3. The fourth-order valence-electron chi connectivity index (χ4n) is 2.34. The molecule has 1 fully saturated rings. The summed E-state index contributed by atoms with van der Waals surface area (Å²) in [6, 6.07) is 2.72. The van der Waals surface area contributed by atoms with E-state index in [1.807, 2.05) is 0 Å². The minimum atomic E-state index is -1.31. The van der Waals surface area contributed by atoms with Gasteiger partial charge in [0.05, 0.1) is 6.26 Å². The van der Waals surface area contributed by atoms with Crippen LogP contribution in [0.5, 0.6) is 0 Å². The molecule has 102 valence electrons. The van der Waals surface area contributed by atoms with Gasteiger partial charge < -0.3 is 4.42 Å². The van der Waals surface area contributed by atoms with Gasteiger partial charge in [0.2, 0.25) is 11.8 Å². The summed E-state index contributed by atoms with van der Waals surface area (Å²) in [4.78, 5) is 37.1. The SMILES string of the molecule is CC(C)C1(Cc2ccco2)C(=O)NC(=O)N(C)C1=O. The van der Waals surface area contributed by atoms with Gasteiger partial charge in [0.1, 0.15) is 11.2 Å². The third-order valence-corrected chi connectivity index (χ3v) is 3.64. The predicted octanol–water partition coefficient (Wildman–Crippen LogP) is 1.17. The lowest BCUT2D eigenvalue weighted by atomic mass is 9.71. The molecule has 19 heavy (non-hydrogen) atoms. The second kappa shape index (κ2) is 4.53. The van der Waals surface area contributed by atoms with Crippen LogP contribution in [-0.4, -0.2) is 29.8 Å². The van der Waals surface area contributed by atoms with Crippen LogP contribution in [-0.2, 0) is 16.0 Å². The number of barbiturate groups is 1. The quantitative estimate of drug-likeness (QED) is 0.831. The fourth-order valence-corrected chi connectivity index (χ4v) is 2.34. The Bertz CT molecular complexity index is 521. The summed E-state index contributed by atoms with van der Waals surface area (Å²) in [7, 11) is 1.36. The maximum Gasteiger partial charge on any atom is 0.330 e. The van der Waals surface area contributed by atoms with Crippen LogP contribution in [0.1, 0.15) is 19.6 Å². The van der Waals surface area contributed by atoms with Gasteiger partial charge in [-0.2, -0.15) is 0 Å². The molecule has 4 amide bonds. The number of furan rings is 1. The molecule has 1 aromatic rings. The zero-order valence-electron chi connectivity index (χ0n) is 11.1. The Kier molecular flexibility index (Phi) is 3.18. The number of urea groups is 1. The first-order chi connectivity index (χ1) is 8.89. The Morgan fingerprint density at radius 2 is 2.05 bits per heavy atom. The van der Waals surface area contributed by atoms with E-state index in [4.69, 9.17) is 4.42 Å². The van der Waals surface area contributed by atoms with Crippen LogP contribution in [0.4, 0.5) is 4.79 Å². The van der Waals surface area contributed by atoms with Gasteiger partial charge in [-0.25, -0.2) is 4.79 Å². The van der Waals surface area contributed by atoms with Crippen LogP contribution in [0.25, 0.3) is 0 Å². The van der Waals surface area contributed by atoms with Crippen molar-refractivity contribution in [1.82, 2.24) is 10.2 Å². The van der Waals surface area contributed by atoms with E-state index in [1.54, 1.807) is 26.0 Å². The number of imide groups is 2. The molecule has 0 aliphatic carbocycles. The molecule has 2 heterocycles. The summed E-state index contributed by atoms with van der Waals surface area (Å²) in [5.41, 5.74) is -1.31. The summed E-state index contributed by atoms with van der Waals surface area (Å²) in [5, 5.41) is 2.23. The van der Waals surface area contributed by atoms with Crippen LogP contribution in [0.15, 0.2) is 22.8 Å². The summed E-state index contributed by atoms with van der Waals surface area (Å²) < 4.78 is 5.23. The summed E-state index contributed by atoms with van der Waals surface area (Å²) in [5.74, 6) is -0.778. The Morgan fingerprint density at radius 3 is 2.58 bits per heavy atom. The molecule has 2 rings (SSSR count). The van der Waals surface area contributed by atoms with Crippen LogP contribution in [0.3, 0.4) is 0 Å². The number of hydrogen-bond donors (Lipinski definition) is 1. The summed E-state index contributed by atoms with van der Waals surface area (Å²) in [6.45, 7) is 3.56. The molecular formula is C13H16N2O4. The van der Waals surface area contributed by atoms with E-state index in [9.17, 15) is 14.4 Å². The van der Waals surface area contributed by atoms with Crippen LogP contribution in [0, 0.1) is 11.3 Å². The van der Waals surface area contributed by atoms with Crippen molar-refractivity contribution in [3.8, 4) is 0 Å². The van der Waals surface area contributed by atoms with Crippen LogP contribution in [0.2, 0.25) is 0 Å². The van der Waals surface area contributed by atoms with Crippen molar-refractivity contribution >= 4 is 17.8 Å². The molecule has 0 spiro atoms. The third-order valence-electron chi connectivity index (χ3n) is 3.64. The van der Waals surface area contributed by atoms with Gasteiger partial charge in [0, 0.05) is 13.5 Å². The molecule has 1 saturated heterocycles. The lowest BCUT2D eigenvalue weighted by Gasteiger charge is -2.40. The fraction of sp³-hybridized carbons (Fsp3) is 0.462. The normalized spacial score (nSPS) is 24.0. The maximum atomic E-state index is 12.4. The lowest BCUT2D eigenvalue weighted by molar-refractivity contribution is -0.154. The highest BCUT2D eigenvalue weighted by molar-refractivity contribution is 6.19. The zero-order valence-corrected chi connectivity index (χ0v) is 11.1. The molecule has 1 unspecified atom stereocenters. The molecule has 1 aliphatic rings. The second-order valence-corrected chi connectivity index (χ2v) is 5.01. The van der Waals surface area contributed by atoms with Gasteiger partial charge in [-0.05, 0) is 18.1 Å². The molecule has 0 bridgehead atoms. The Hall–Kier alpha value is -2.11. The molecule has 6 heteroatoms. The number of hydrogen-bond acceptors (Lipinski definition) is 4.